The Morgan fingerprint density at radius 2 is 1.00 bits per heavy atom. The Bertz CT molecular complexity index is 513. The van der Waals surface area contributed by atoms with Gasteiger partial charge in [0.05, 0.1) is 0 Å². The summed E-state index contributed by atoms with van der Waals surface area (Å²) in [7, 11) is 0. The zero-order valence-corrected chi connectivity index (χ0v) is 22.0. The Kier molecular flexibility index (Phi) is 20.0. The van der Waals surface area contributed by atoms with Crippen LogP contribution in [0.5, 0.6) is 0 Å². The van der Waals surface area contributed by atoms with E-state index in [9.17, 15) is 14.4 Å². The molecule has 0 aliphatic carbocycles. The van der Waals surface area contributed by atoms with Crippen molar-refractivity contribution in [3.63, 3.8) is 0 Å². The quantitative estimate of drug-likeness (QED) is 0.113. The molecule has 0 bridgehead atoms. The number of alkyl carbamates (subject to hydrolysis) is 1. The lowest BCUT2D eigenvalue weighted by molar-refractivity contribution is -0.159. The lowest BCUT2D eigenvalue weighted by Gasteiger charge is -2.19. The predicted octanol–water partition coefficient (Wildman–Crippen LogP) is 7.62. The van der Waals surface area contributed by atoms with Crippen molar-refractivity contribution in [3.05, 3.63) is 0 Å². The van der Waals surface area contributed by atoms with Crippen LogP contribution in [0.3, 0.4) is 0 Å². The van der Waals surface area contributed by atoms with Gasteiger partial charge in [0.1, 0.15) is 5.60 Å². The molecule has 0 heterocycles. The Hall–Kier alpha value is -1.59. The van der Waals surface area contributed by atoms with Crippen LogP contribution in [0.15, 0.2) is 0 Å². The molecule has 0 saturated heterocycles. The van der Waals surface area contributed by atoms with Gasteiger partial charge >= 0.3 is 18.0 Å². The molecule has 0 aliphatic rings. The monoisotopic (exact) mass is 469 g/mol. The van der Waals surface area contributed by atoms with Gasteiger partial charge in [-0.1, -0.05) is 90.4 Å². The summed E-state index contributed by atoms with van der Waals surface area (Å²) in [6.45, 7) is 8.43. The first-order valence-electron chi connectivity index (χ1n) is 13.4. The molecule has 0 aromatic rings. The Morgan fingerprint density at radius 1 is 0.606 bits per heavy atom. The number of hydrogen-bond donors (Lipinski definition) is 1. The highest BCUT2D eigenvalue weighted by atomic mass is 16.6. The summed E-state index contributed by atoms with van der Waals surface area (Å²) < 4.78 is 10.1. The second-order valence-electron chi connectivity index (χ2n) is 10.1. The van der Waals surface area contributed by atoms with Gasteiger partial charge in [0.25, 0.3) is 0 Å². The van der Waals surface area contributed by atoms with Crippen LogP contribution in [0.2, 0.25) is 0 Å². The van der Waals surface area contributed by atoms with E-state index in [0.29, 0.717) is 19.4 Å². The van der Waals surface area contributed by atoms with Crippen LogP contribution in [0.4, 0.5) is 4.79 Å². The van der Waals surface area contributed by atoms with Crippen molar-refractivity contribution in [1.29, 1.82) is 0 Å². The van der Waals surface area contributed by atoms with Gasteiger partial charge in [-0.3, -0.25) is 9.59 Å². The first-order valence-corrected chi connectivity index (χ1v) is 13.4. The van der Waals surface area contributed by atoms with Crippen molar-refractivity contribution in [2.45, 2.75) is 149 Å². The Morgan fingerprint density at radius 3 is 1.42 bits per heavy atom. The molecule has 0 aromatic heterocycles. The fourth-order valence-corrected chi connectivity index (χ4v) is 3.59. The highest BCUT2D eigenvalue weighted by Gasteiger charge is 2.15. The SMILES string of the molecule is CCCCCCCCCCC(=O)OC(=O)CCCCCCCCCCNC(=O)OC(C)(C)C. The second-order valence-corrected chi connectivity index (χ2v) is 10.1. The van der Waals surface area contributed by atoms with Crippen LogP contribution in [-0.4, -0.2) is 30.2 Å². The van der Waals surface area contributed by atoms with E-state index in [0.717, 1.165) is 70.6 Å². The third-order valence-corrected chi connectivity index (χ3v) is 5.44. The molecule has 1 N–H and O–H groups in total. The third kappa shape index (κ3) is 24.9. The minimum absolute atomic E-state index is 0.333. The summed E-state index contributed by atoms with van der Waals surface area (Å²) in [5.41, 5.74) is -0.455. The summed E-state index contributed by atoms with van der Waals surface area (Å²) in [4.78, 5) is 35.0. The fraction of sp³-hybridized carbons (Fsp3) is 0.889. The molecule has 1 amide bonds. The molecule has 0 unspecified atom stereocenters. The van der Waals surface area contributed by atoms with Crippen LogP contribution in [0.1, 0.15) is 143 Å². The Balaban J connectivity index is 3.40. The molecule has 33 heavy (non-hydrogen) atoms. The van der Waals surface area contributed by atoms with Gasteiger partial charge in [0.2, 0.25) is 0 Å². The summed E-state index contributed by atoms with van der Waals surface area (Å²) in [6.07, 6.45) is 18.1. The molecular formula is C27H51NO5. The lowest BCUT2D eigenvalue weighted by atomic mass is 10.1. The van der Waals surface area contributed by atoms with E-state index < -0.39 is 5.60 Å². The number of carbonyl (C=O) groups is 3. The third-order valence-electron chi connectivity index (χ3n) is 5.44. The van der Waals surface area contributed by atoms with Gasteiger partial charge in [-0.15, -0.1) is 0 Å². The maximum Gasteiger partial charge on any atom is 0.407 e. The van der Waals surface area contributed by atoms with Crippen molar-refractivity contribution in [1.82, 2.24) is 5.32 Å². The minimum atomic E-state index is -0.455. The van der Waals surface area contributed by atoms with Crippen molar-refractivity contribution < 1.29 is 23.9 Å². The average Bonchev–Trinajstić information content (AvgIpc) is 2.72. The molecular weight excluding hydrogens is 418 g/mol. The van der Waals surface area contributed by atoms with Crippen molar-refractivity contribution in [3.8, 4) is 0 Å². The maximum absolute atomic E-state index is 11.8. The molecule has 0 spiro atoms. The van der Waals surface area contributed by atoms with Crippen molar-refractivity contribution >= 4 is 18.0 Å². The number of nitrogens with one attached hydrogen (secondary N) is 1. The molecule has 0 rings (SSSR count). The van der Waals surface area contributed by atoms with Gasteiger partial charge < -0.3 is 14.8 Å². The number of esters is 2. The topological polar surface area (TPSA) is 81.7 Å². The van der Waals surface area contributed by atoms with Crippen molar-refractivity contribution in [2.24, 2.45) is 0 Å². The predicted molar refractivity (Wildman–Crippen MR) is 134 cm³/mol. The molecule has 194 valence electrons. The van der Waals surface area contributed by atoms with E-state index in [2.05, 4.69) is 12.2 Å². The molecule has 0 radical (unpaired) electrons. The van der Waals surface area contributed by atoms with E-state index in [1.54, 1.807) is 0 Å². The molecule has 6 heteroatoms. The number of rotatable bonds is 20. The number of ether oxygens (including phenoxy) is 2. The highest BCUT2D eigenvalue weighted by Crippen LogP contribution is 2.12. The van der Waals surface area contributed by atoms with Gasteiger partial charge in [-0.25, -0.2) is 4.79 Å². The van der Waals surface area contributed by atoms with E-state index >= 15 is 0 Å². The Labute approximate surface area is 202 Å². The number of carbonyl (C=O) groups excluding carboxylic acids is 3. The highest BCUT2D eigenvalue weighted by molar-refractivity contribution is 5.85. The molecule has 6 nitrogen and oxygen atoms in total. The van der Waals surface area contributed by atoms with Crippen LogP contribution < -0.4 is 5.32 Å². The summed E-state index contributed by atoms with van der Waals surface area (Å²) in [5, 5.41) is 2.78. The summed E-state index contributed by atoms with van der Waals surface area (Å²) in [6, 6.07) is 0. The fourth-order valence-electron chi connectivity index (χ4n) is 3.59. The van der Waals surface area contributed by atoms with Crippen molar-refractivity contribution in [2.75, 3.05) is 6.54 Å². The van der Waals surface area contributed by atoms with Gasteiger partial charge in [-0.05, 0) is 40.0 Å². The average molecular weight is 470 g/mol. The maximum atomic E-state index is 11.8. The second kappa shape index (κ2) is 21.0. The smallest absolute Gasteiger partial charge is 0.407 e. The van der Waals surface area contributed by atoms with Crippen LogP contribution >= 0.6 is 0 Å². The minimum Gasteiger partial charge on any atom is -0.444 e. The summed E-state index contributed by atoms with van der Waals surface area (Å²) in [5.74, 6) is -0.746. The summed E-state index contributed by atoms with van der Waals surface area (Å²) >= 11 is 0. The standard InChI is InChI=1S/C27H51NO5/c1-5-6-7-8-9-12-15-18-21-24(29)32-25(30)22-19-16-13-10-11-14-17-20-23-28-26(31)33-27(2,3)4/h5-23H2,1-4H3,(H,28,31). The molecule has 0 fully saturated rings. The van der Waals surface area contributed by atoms with Gasteiger partial charge in [-0.2, -0.15) is 0 Å². The first-order chi connectivity index (χ1) is 15.7. The number of unbranched alkanes of at least 4 members (excludes halogenated alkanes) is 14. The van der Waals surface area contributed by atoms with E-state index in [1.807, 2.05) is 20.8 Å². The van der Waals surface area contributed by atoms with Crippen LogP contribution in [-0.2, 0) is 19.1 Å². The molecule has 0 saturated carbocycles. The van der Waals surface area contributed by atoms with Crippen LogP contribution in [0, 0.1) is 0 Å². The first kappa shape index (κ1) is 31.4. The molecule has 0 atom stereocenters. The molecule has 0 aromatic carbocycles. The van der Waals surface area contributed by atoms with E-state index in [4.69, 9.17) is 9.47 Å². The van der Waals surface area contributed by atoms with E-state index in [-0.39, 0.29) is 18.0 Å². The zero-order chi connectivity index (χ0) is 24.8. The normalized spacial score (nSPS) is 11.3. The van der Waals surface area contributed by atoms with Gasteiger partial charge in [0.15, 0.2) is 0 Å². The van der Waals surface area contributed by atoms with E-state index in [1.165, 1.54) is 32.1 Å². The largest absolute Gasteiger partial charge is 0.444 e. The molecule has 0 aliphatic heterocycles. The number of amides is 1. The van der Waals surface area contributed by atoms with Gasteiger partial charge in [0, 0.05) is 19.4 Å². The lowest BCUT2D eigenvalue weighted by Crippen LogP contribution is -2.32. The number of hydrogen-bond acceptors (Lipinski definition) is 5. The zero-order valence-electron chi connectivity index (χ0n) is 22.0. The van der Waals surface area contributed by atoms with Crippen LogP contribution in [0.25, 0.3) is 0 Å².